The molecule has 2 aromatic rings. The number of nitro groups is 1. The van der Waals surface area contributed by atoms with Crippen LogP contribution < -0.4 is 4.90 Å². The molecule has 150 valence electrons. The SMILES string of the molecule is COC(=O)C1=C(C)N(c2cccc([N+](=O)[O-])c2)C(=O)N(C)[C@H]1c1ccccc1F. The monoisotopic (exact) mass is 399 g/mol. The molecule has 8 nitrogen and oxygen atoms in total. The molecule has 0 radical (unpaired) electrons. The van der Waals surface area contributed by atoms with E-state index in [1.54, 1.807) is 6.07 Å². The van der Waals surface area contributed by atoms with Gasteiger partial charge in [-0.05, 0) is 19.1 Å². The maximum atomic E-state index is 14.5. The second-order valence-corrected chi connectivity index (χ2v) is 6.42. The number of ether oxygens (including phenoxy) is 1. The van der Waals surface area contributed by atoms with E-state index in [0.717, 1.165) is 0 Å². The number of esters is 1. The molecule has 0 bridgehead atoms. The number of rotatable bonds is 4. The van der Waals surface area contributed by atoms with Gasteiger partial charge in [0.1, 0.15) is 5.82 Å². The van der Waals surface area contributed by atoms with E-state index in [2.05, 4.69) is 0 Å². The number of hydrogen-bond acceptors (Lipinski definition) is 5. The van der Waals surface area contributed by atoms with E-state index in [-0.39, 0.29) is 28.2 Å². The van der Waals surface area contributed by atoms with Crippen molar-refractivity contribution in [2.75, 3.05) is 19.1 Å². The molecule has 2 aromatic carbocycles. The molecule has 0 aromatic heterocycles. The van der Waals surface area contributed by atoms with Crippen molar-refractivity contribution < 1.29 is 23.6 Å². The van der Waals surface area contributed by atoms with Gasteiger partial charge in [-0.1, -0.05) is 24.3 Å². The molecule has 0 fully saturated rings. The third-order valence-corrected chi connectivity index (χ3v) is 4.78. The maximum Gasteiger partial charge on any atom is 0.338 e. The molecule has 1 aliphatic heterocycles. The van der Waals surface area contributed by atoms with Gasteiger partial charge in [0.15, 0.2) is 0 Å². The van der Waals surface area contributed by atoms with Crippen LogP contribution in [0.15, 0.2) is 59.8 Å². The number of nitro benzene ring substituents is 1. The molecule has 3 rings (SSSR count). The molecule has 0 spiro atoms. The molecule has 0 N–H and O–H groups in total. The zero-order valence-electron chi connectivity index (χ0n) is 16.0. The molecule has 0 aliphatic carbocycles. The van der Waals surface area contributed by atoms with E-state index >= 15 is 0 Å². The van der Waals surface area contributed by atoms with Gasteiger partial charge < -0.3 is 9.64 Å². The molecular weight excluding hydrogens is 381 g/mol. The van der Waals surface area contributed by atoms with Crippen LogP contribution in [0.3, 0.4) is 0 Å². The Morgan fingerprint density at radius 1 is 1.21 bits per heavy atom. The molecule has 0 saturated heterocycles. The first-order valence-electron chi connectivity index (χ1n) is 8.62. The van der Waals surface area contributed by atoms with Crippen molar-refractivity contribution in [3.8, 4) is 0 Å². The highest BCUT2D eigenvalue weighted by Gasteiger charge is 2.42. The van der Waals surface area contributed by atoms with Crippen LogP contribution in [0.5, 0.6) is 0 Å². The minimum atomic E-state index is -1.01. The zero-order valence-corrected chi connectivity index (χ0v) is 16.0. The second-order valence-electron chi connectivity index (χ2n) is 6.42. The predicted octanol–water partition coefficient (Wildman–Crippen LogP) is 3.79. The van der Waals surface area contributed by atoms with Crippen molar-refractivity contribution in [1.29, 1.82) is 0 Å². The fraction of sp³-hybridized carbons (Fsp3) is 0.200. The normalized spacial score (nSPS) is 16.8. The van der Waals surface area contributed by atoms with Gasteiger partial charge in [-0.15, -0.1) is 0 Å². The van der Waals surface area contributed by atoms with Crippen LogP contribution in [0.25, 0.3) is 0 Å². The molecule has 9 heteroatoms. The number of non-ortho nitro benzene ring substituents is 1. The minimum absolute atomic E-state index is 0.0613. The summed E-state index contributed by atoms with van der Waals surface area (Å²) in [6.07, 6.45) is 0. The minimum Gasteiger partial charge on any atom is -0.466 e. The number of hydrogen-bond donors (Lipinski definition) is 0. The maximum absolute atomic E-state index is 14.5. The Labute approximate surface area is 165 Å². The third-order valence-electron chi connectivity index (χ3n) is 4.78. The summed E-state index contributed by atoms with van der Waals surface area (Å²) in [5.74, 6) is -1.30. The van der Waals surface area contributed by atoms with E-state index in [0.29, 0.717) is 0 Å². The highest BCUT2D eigenvalue weighted by Crippen LogP contribution is 2.40. The smallest absolute Gasteiger partial charge is 0.338 e. The van der Waals surface area contributed by atoms with Crippen LogP contribution in [0.4, 0.5) is 20.6 Å². The van der Waals surface area contributed by atoms with Crippen LogP contribution in [0.1, 0.15) is 18.5 Å². The van der Waals surface area contributed by atoms with Gasteiger partial charge in [0.05, 0.1) is 29.3 Å². The quantitative estimate of drug-likeness (QED) is 0.443. The number of anilines is 1. The Kier molecular flexibility index (Phi) is 5.31. The number of methoxy groups -OCH3 is 1. The van der Waals surface area contributed by atoms with Crippen molar-refractivity contribution in [3.63, 3.8) is 0 Å². The summed E-state index contributed by atoms with van der Waals surface area (Å²) in [5.41, 5.74) is 0.408. The van der Waals surface area contributed by atoms with E-state index in [4.69, 9.17) is 4.74 Å². The largest absolute Gasteiger partial charge is 0.466 e. The van der Waals surface area contributed by atoms with Gasteiger partial charge in [0.2, 0.25) is 0 Å². The Bertz CT molecular complexity index is 1040. The lowest BCUT2D eigenvalue weighted by molar-refractivity contribution is -0.384. The van der Waals surface area contributed by atoms with E-state index in [1.807, 2.05) is 0 Å². The van der Waals surface area contributed by atoms with E-state index in [9.17, 15) is 24.1 Å². The van der Waals surface area contributed by atoms with Crippen molar-refractivity contribution in [1.82, 2.24) is 4.90 Å². The average Bonchev–Trinajstić information content (AvgIpc) is 2.71. The summed E-state index contributed by atoms with van der Waals surface area (Å²) in [5, 5.41) is 11.1. The fourth-order valence-electron chi connectivity index (χ4n) is 3.40. The number of carbonyl (C=O) groups is 2. The van der Waals surface area contributed by atoms with Crippen LogP contribution in [0.2, 0.25) is 0 Å². The zero-order chi connectivity index (χ0) is 21.3. The Morgan fingerprint density at radius 3 is 2.52 bits per heavy atom. The first kappa shape index (κ1) is 20.0. The lowest BCUT2D eigenvalue weighted by atomic mass is 9.93. The first-order chi connectivity index (χ1) is 13.8. The Balaban J connectivity index is 2.24. The summed E-state index contributed by atoms with van der Waals surface area (Å²) in [6.45, 7) is 1.52. The second kappa shape index (κ2) is 7.70. The van der Waals surface area contributed by atoms with Crippen molar-refractivity contribution in [3.05, 3.63) is 81.3 Å². The average molecular weight is 399 g/mol. The summed E-state index contributed by atoms with van der Waals surface area (Å²) < 4.78 is 19.4. The highest BCUT2D eigenvalue weighted by atomic mass is 19.1. The number of likely N-dealkylation sites (N-methyl/N-ethyl adjacent to an activating group) is 1. The summed E-state index contributed by atoms with van der Waals surface area (Å²) >= 11 is 0. The summed E-state index contributed by atoms with van der Waals surface area (Å²) in [4.78, 5) is 38.7. The predicted molar refractivity (Wildman–Crippen MR) is 103 cm³/mol. The molecule has 0 unspecified atom stereocenters. The number of halogens is 1. The summed E-state index contributed by atoms with van der Waals surface area (Å²) in [6, 6.07) is 9.75. The summed E-state index contributed by atoms with van der Waals surface area (Å²) in [7, 11) is 2.62. The first-order valence-corrected chi connectivity index (χ1v) is 8.62. The lowest BCUT2D eigenvalue weighted by Gasteiger charge is -2.40. The molecule has 29 heavy (non-hydrogen) atoms. The number of amides is 2. The number of carbonyl (C=O) groups excluding carboxylic acids is 2. The lowest BCUT2D eigenvalue weighted by Crippen LogP contribution is -2.49. The van der Waals surface area contributed by atoms with Gasteiger partial charge in [-0.3, -0.25) is 15.0 Å². The Hall–Kier alpha value is -3.75. The topological polar surface area (TPSA) is 93.0 Å². The van der Waals surface area contributed by atoms with Crippen molar-refractivity contribution in [2.24, 2.45) is 0 Å². The number of benzene rings is 2. The van der Waals surface area contributed by atoms with Crippen LogP contribution in [0, 0.1) is 15.9 Å². The number of urea groups is 1. The molecule has 1 atom stereocenters. The molecular formula is C20H18FN3O5. The van der Waals surface area contributed by atoms with Gasteiger partial charge in [0, 0.05) is 30.4 Å². The number of nitrogens with zero attached hydrogens (tertiary/aromatic N) is 3. The van der Waals surface area contributed by atoms with E-state index < -0.39 is 28.8 Å². The van der Waals surface area contributed by atoms with Crippen LogP contribution in [-0.4, -0.2) is 36.0 Å². The molecule has 1 heterocycles. The van der Waals surface area contributed by atoms with E-state index in [1.165, 1.54) is 73.3 Å². The number of allylic oxidation sites excluding steroid dienone is 1. The van der Waals surface area contributed by atoms with Gasteiger partial charge in [0.25, 0.3) is 5.69 Å². The molecule has 0 saturated carbocycles. The molecule has 2 amide bonds. The highest BCUT2D eigenvalue weighted by molar-refractivity contribution is 6.03. The van der Waals surface area contributed by atoms with Crippen LogP contribution in [-0.2, 0) is 9.53 Å². The van der Waals surface area contributed by atoms with Gasteiger partial charge >= 0.3 is 12.0 Å². The third kappa shape index (κ3) is 3.42. The molecule has 1 aliphatic rings. The van der Waals surface area contributed by atoms with Crippen molar-refractivity contribution >= 4 is 23.4 Å². The van der Waals surface area contributed by atoms with Gasteiger partial charge in [-0.25, -0.2) is 14.0 Å². The van der Waals surface area contributed by atoms with Crippen molar-refractivity contribution in [2.45, 2.75) is 13.0 Å². The van der Waals surface area contributed by atoms with Crippen LogP contribution >= 0.6 is 0 Å². The Morgan fingerprint density at radius 2 is 1.90 bits per heavy atom. The fourth-order valence-corrected chi connectivity index (χ4v) is 3.40. The standard InChI is InChI=1S/C20H18FN3O5/c1-12-17(19(25)29-3)18(15-9-4-5-10-16(15)21)22(2)20(26)23(12)13-7-6-8-14(11-13)24(27)28/h4-11,18H,1-3H3/t18-/m0/s1. The van der Waals surface area contributed by atoms with Gasteiger partial charge in [-0.2, -0.15) is 0 Å².